The Kier molecular flexibility index (Phi) is 6.46. The molecule has 7 nitrogen and oxygen atoms in total. The quantitative estimate of drug-likeness (QED) is 0.555. The third-order valence-electron chi connectivity index (χ3n) is 6.01. The number of benzene rings is 3. The van der Waals surface area contributed by atoms with Crippen molar-refractivity contribution < 1.29 is 14.3 Å². The first-order valence-electron chi connectivity index (χ1n) is 11.4. The van der Waals surface area contributed by atoms with E-state index in [1.54, 1.807) is 0 Å². The van der Waals surface area contributed by atoms with E-state index in [1.165, 1.54) is 0 Å². The van der Waals surface area contributed by atoms with Gasteiger partial charge in [-0.25, -0.2) is 0 Å². The number of ether oxygens (including phenoxy) is 1. The summed E-state index contributed by atoms with van der Waals surface area (Å²) in [5.41, 5.74) is 4.74. The van der Waals surface area contributed by atoms with E-state index in [4.69, 9.17) is 9.73 Å². The van der Waals surface area contributed by atoms with E-state index in [1.807, 2.05) is 78.9 Å². The van der Waals surface area contributed by atoms with Gasteiger partial charge in [0, 0.05) is 24.5 Å². The van der Waals surface area contributed by atoms with E-state index in [9.17, 15) is 9.59 Å². The highest BCUT2D eigenvalue weighted by molar-refractivity contribution is 6.24. The van der Waals surface area contributed by atoms with Gasteiger partial charge in [0.15, 0.2) is 0 Å². The molecule has 5 rings (SSSR count). The van der Waals surface area contributed by atoms with E-state index in [2.05, 4.69) is 15.5 Å². The monoisotopic (exact) mass is 454 g/mol. The Morgan fingerprint density at radius 1 is 0.971 bits per heavy atom. The fourth-order valence-electron chi connectivity index (χ4n) is 4.31. The lowest BCUT2D eigenvalue weighted by atomic mass is 9.90. The van der Waals surface area contributed by atoms with Crippen LogP contribution in [-0.4, -0.2) is 55.3 Å². The highest BCUT2D eigenvalue weighted by Crippen LogP contribution is 2.36. The number of para-hydroxylation sites is 1. The number of carbonyl (C=O) groups excluding carboxylic acids is 2. The Labute approximate surface area is 198 Å². The number of nitrogens with one attached hydrogen (secondary N) is 2. The van der Waals surface area contributed by atoms with Crippen molar-refractivity contribution >= 4 is 34.6 Å². The molecule has 2 heterocycles. The van der Waals surface area contributed by atoms with Gasteiger partial charge in [-0.1, -0.05) is 48.5 Å². The molecule has 0 aromatic heterocycles. The lowest BCUT2D eigenvalue weighted by Gasteiger charge is -2.25. The molecule has 3 aromatic carbocycles. The molecule has 2 aliphatic rings. The first-order valence-corrected chi connectivity index (χ1v) is 11.4. The van der Waals surface area contributed by atoms with Crippen molar-refractivity contribution in [3.8, 4) is 0 Å². The molecule has 172 valence electrons. The normalized spacial score (nSPS) is 18.3. The highest BCUT2D eigenvalue weighted by Gasteiger charge is 2.35. The topological polar surface area (TPSA) is 83.0 Å². The molecule has 0 spiro atoms. The molecule has 3 aromatic rings. The summed E-state index contributed by atoms with van der Waals surface area (Å²) in [6, 6.07) is 24.8. The zero-order valence-electron chi connectivity index (χ0n) is 18.7. The maximum absolute atomic E-state index is 12.9. The number of rotatable bonds is 6. The van der Waals surface area contributed by atoms with Crippen molar-refractivity contribution in [1.29, 1.82) is 0 Å². The molecular formula is C27H26N4O3. The van der Waals surface area contributed by atoms with Gasteiger partial charge in [0.1, 0.15) is 5.92 Å². The summed E-state index contributed by atoms with van der Waals surface area (Å²) in [7, 11) is 0. The number of hydrogen-bond acceptors (Lipinski definition) is 5. The number of amides is 2. The molecular weight excluding hydrogens is 428 g/mol. The maximum atomic E-state index is 12.9. The van der Waals surface area contributed by atoms with Gasteiger partial charge in [0.05, 0.1) is 31.2 Å². The predicted molar refractivity (Wildman–Crippen MR) is 133 cm³/mol. The third kappa shape index (κ3) is 4.90. The lowest BCUT2D eigenvalue weighted by molar-refractivity contribution is -0.118. The van der Waals surface area contributed by atoms with Crippen LogP contribution in [0.1, 0.15) is 17.0 Å². The summed E-state index contributed by atoms with van der Waals surface area (Å²) < 4.78 is 5.33. The van der Waals surface area contributed by atoms with Crippen molar-refractivity contribution in [2.75, 3.05) is 43.5 Å². The minimum absolute atomic E-state index is 0.0534. The molecule has 2 aliphatic heterocycles. The fourth-order valence-corrected chi connectivity index (χ4v) is 4.31. The average Bonchev–Trinajstić information content (AvgIpc) is 3.20. The third-order valence-corrected chi connectivity index (χ3v) is 6.01. The van der Waals surface area contributed by atoms with Crippen molar-refractivity contribution in [2.24, 2.45) is 4.99 Å². The molecule has 0 bridgehead atoms. The molecule has 1 saturated heterocycles. The number of fused-ring (bicyclic) bond motifs is 1. The predicted octanol–water partition coefficient (Wildman–Crippen LogP) is 3.81. The number of carbonyl (C=O) groups is 2. The summed E-state index contributed by atoms with van der Waals surface area (Å²) >= 11 is 0. The number of hydrogen-bond donors (Lipinski definition) is 2. The Morgan fingerprint density at radius 3 is 2.44 bits per heavy atom. The van der Waals surface area contributed by atoms with E-state index in [0.29, 0.717) is 36.8 Å². The molecule has 34 heavy (non-hydrogen) atoms. The second-order valence-corrected chi connectivity index (χ2v) is 8.36. The van der Waals surface area contributed by atoms with Crippen LogP contribution >= 0.6 is 0 Å². The van der Waals surface area contributed by atoms with Crippen LogP contribution in [0, 0.1) is 0 Å². The first-order chi connectivity index (χ1) is 16.7. The minimum Gasteiger partial charge on any atom is -0.379 e. The molecule has 1 unspecified atom stereocenters. The summed E-state index contributed by atoms with van der Waals surface area (Å²) in [5.74, 6) is -0.635. The molecule has 0 radical (unpaired) electrons. The Morgan fingerprint density at radius 2 is 1.68 bits per heavy atom. The van der Waals surface area contributed by atoms with Gasteiger partial charge in [0.25, 0.3) is 0 Å². The van der Waals surface area contributed by atoms with E-state index in [0.717, 1.165) is 29.9 Å². The van der Waals surface area contributed by atoms with Gasteiger partial charge in [-0.05, 0) is 41.5 Å². The summed E-state index contributed by atoms with van der Waals surface area (Å²) in [4.78, 5) is 32.3. The number of morpholine rings is 1. The van der Waals surface area contributed by atoms with Gasteiger partial charge in [0.2, 0.25) is 11.8 Å². The van der Waals surface area contributed by atoms with Crippen LogP contribution in [0.3, 0.4) is 0 Å². The number of aliphatic imine (C=N–C) groups is 1. The number of nitrogens with zero attached hydrogens (tertiary/aromatic N) is 2. The highest BCUT2D eigenvalue weighted by atomic mass is 16.5. The largest absolute Gasteiger partial charge is 0.379 e. The molecule has 2 amide bonds. The van der Waals surface area contributed by atoms with Crippen LogP contribution in [0.15, 0.2) is 83.9 Å². The van der Waals surface area contributed by atoms with Gasteiger partial charge in [-0.2, -0.15) is 0 Å². The van der Waals surface area contributed by atoms with Crippen molar-refractivity contribution in [3.05, 3.63) is 90.0 Å². The van der Waals surface area contributed by atoms with Crippen LogP contribution in [0.25, 0.3) is 0 Å². The molecule has 0 aliphatic carbocycles. The second-order valence-electron chi connectivity index (χ2n) is 8.36. The second kappa shape index (κ2) is 9.99. The Bertz CT molecular complexity index is 1200. The zero-order chi connectivity index (χ0) is 23.3. The van der Waals surface area contributed by atoms with Crippen LogP contribution in [0.4, 0.5) is 17.1 Å². The van der Waals surface area contributed by atoms with Crippen LogP contribution in [0.2, 0.25) is 0 Å². The van der Waals surface area contributed by atoms with E-state index < -0.39 is 5.92 Å². The van der Waals surface area contributed by atoms with Crippen molar-refractivity contribution in [2.45, 2.75) is 5.92 Å². The van der Waals surface area contributed by atoms with Crippen LogP contribution in [-0.2, 0) is 14.3 Å². The molecule has 1 fully saturated rings. The summed E-state index contributed by atoms with van der Waals surface area (Å²) in [6.45, 7) is 3.19. The van der Waals surface area contributed by atoms with Gasteiger partial charge in [-0.15, -0.1) is 0 Å². The first kappa shape index (κ1) is 22.0. The van der Waals surface area contributed by atoms with E-state index >= 15 is 0 Å². The Hall–Kier alpha value is -3.81. The summed E-state index contributed by atoms with van der Waals surface area (Å²) in [5, 5.41) is 5.91. The minimum atomic E-state index is -0.494. The summed E-state index contributed by atoms with van der Waals surface area (Å²) in [6.07, 6.45) is 0. The zero-order valence-corrected chi connectivity index (χ0v) is 18.7. The molecule has 1 atom stereocenters. The van der Waals surface area contributed by atoms with Crippen LogP contribution < -0.4 is 10.6 Å². The molecule has 2 N–H and O–H groups in total. The lowest BCUT2D eigenvalue weighted by Crippen LogP contribution is -2.41. The molecule has 0 saturated carbocycles. The Balaban J connectivity index is 1.38. The van der Waals surface area contributed by atoms with Crippen LogP contribution in [0.5, 0.6) is 0 Å². The standard InChI is InChI=1S/C27H26N4O3/c32-24(18-31-14-16-34-17-15-31)28-20-10-12-21(13-11-20)29-26(19-6-2-1-3-7-19)25-22-8-4-5-9-23(22)30-27(25)33/h1-13,25H,14-18H2,(H,28,32)(H,30,33). The van der Waals surface area contributed by atoms with Gasteiger partial charge in [-0.3, -0.25) is 19.5 Å². The number of anilines is 2. The maximum Gasteiger partial charge on any atom is 0.238 e. The smallest absolute Gasteiger partial charge is 0.238 e. The van der Waals surface area contributed by atoms with Crippen molar-refractivity contribution in [1.82, 2.24) is 4.90 Å². The van der Waals surface area contributed by atoms with Crippen molar-refractivity contribution in [3.63, 3.8) is 0 Å². The SMILES string of the molecule is O=C(CN1CCOCC1)Nc1ccc(N=C(c2ccccc2)C2C(=O)Nc3ccccc32)cc1. The van der Waals surface area contributed by atoms with Gasteiger partial charge >= 0.3 is 0 Å². The van der Waals surface area contributed by atoms with E-state index in [-0.39, 0.29) is 11.8 Å². The molecule has 7 heteroatoms. The average molecular weight is 455 g/mol. The van der Waals surface area contributed by atoms with Gasteiger partial charge < -0.3 is 15.4 Å². The fraction of sp³-hybridized carbons (Fsp3) is 0.222.